The van der Waals surface area contributed by atoms with Crippen molar-refractivity contribution in [2.45, 2.75) is 19.9 Å². The van der Waals surface area contributed by atoms with E-state index in [1.54, 1.807) is 0 Å². The number of carbonyl (C=O) groups excluding carboxylic acids is 1. The Morgan fingerprint density at radius 3 is 2.68 bits per heavy atom. The van der Waals surface area contributed by atoms with Gasteiger partial charge in [0.25, 0.3) is 5.91 Å². The SMILES string of the molecule is CCN(CC)[C@@H](CNC(=O)c1cn[nH]n1)c1ccccc1Cl. The van der Waals surface area contributed by atoms with Gasteiger partial charge in [-0.05, 0) is 24.7 Å². The van der Waals surface area contributed by atoms with E-state index in [0.29, 0.717) is 11.6 Å². The number of nitrogens with one attached hydrogen (secondary N) is 2. The summed E-state index contributed by atoms with van der Waals surface area (Å²) in [5, 5.41) is 13.5. The number of hydrogen-bond acceptors (Lipinski definition) is 4. The number of likely N-dealkylation sites (N-methyl/N-ethyl adjacent to an activating group) is 1. The van der Waals surface area contributed by atoms with Gasteiger partial charge in [0, 0.05) is 11.6 Å². The summed E-state index contributed by atoms with van der Waals surface area (Å²) in [7, 11) is 0. The number of carbonyl (C=O) groups is 1. The van der Waals surface area contributed by atoms with Crippen molar-refractivity contribution in [3.63, 3.8) is 0 Å². The first-order chi connectivity index (χ1) is 10.7. The van der Waals surface area contributed by atoms with Gasteiger partial charge in [-0.15, -0.1) is 0 Å². The first-order valence-electron chi connectivity index (χ1n) is 7.29. The van der Waals surface area contributed by atoms with Crippen LogP contribution in [-0.2, 0) is 0 Å². The molecule has 0 aliphatic heterocycles. The fourth-order valence-electron chi connectivity index (χ4n) is 2.44. The Labute approximate surface area is 134 Å². The van der Waals surface area contributed by atoms with E-state index in [1.165, 1.54) is 6.20 Å². The molecule has 2 rings (SSSR count). The van der Waals surface area contributed by atoms with Gasteiger partial charge in [0.15, 0.2) is 5.69 Å². The van der Waals surface area contributed by atoms with E-state index in [4.69, 9.17) is 11.6 Å². The predicted octanol–water partition coefficient (Wildman–Crippen LogP) is 2.27. The van der Waals surface area contributed by atoms with Crippen molar-refractivity contribution in [3.05, 3.63) is 46.7 Å². The molecule has 0 radical (unpaired) electrons. The Balaban J connectivity index is 2.15. The molecule has 22 heavy (non-hydrogen) atoms. The highest BCUT2D eigenvalue weighted by molar-refractivity contribution is 6.31. The van der Waals surface area contributed by atoms with Gasteiger partial charge in [0.05, 0.1) is 12.2 Å². The Morgan fingerprint density at radius 1 is 1.36 bits per heavy atom. The zero-order chi connectivity index (χ0) is 15.9. The molecule has 0 saturated carbocycles. The van der Waals surface area contributed by atoms with Gasteiger partial charge in [0.1, 0.15) is 0 Å². The van der Waals surface area contributed by atoms with Crippen LogP contribution in [0.1, 0.15) is 35.9 Å². The van der Waals surface area contributed by atoms with Gasteiger partial charge in [-0.3, -0.25) is 9.69 Å². The molecule has 2 N–H and O–H groups in total. The third kappa shape index (κ3) is 3.84. The van der Waals surface area contributed by atoms with Crippen molar-refractivity contribution in [2.75, 3.05) is 19.6 Å². The zero-order valence-corrected chi connectivity index (χ0v) is 13.5. The first kappa shape index (κ1) is 16.5. The molecule has 1 aromatic carbocycles. The second-order valence-electron chi connectivity index (χ2n) is 4.82. The monoisotopic (exact) mass is 321 g/mol. The lowest BCUT2D eigenvalue weighted by atomic mass is 10.0. The second kappa shape index (κ2) is 7.91. The highest BCUT2D eigenvalue weighted by Crippen LogP contribution is 2.26. The average Bonchev–Trinajstić information content (AvgIpc) is 3.06. The average molecular weight is 322 g/mol. The molecule has 1 amide bonds. The Hall–Kier alpha value is -1.92. The van der Waals surface area contributed by atoms with Crippen LogP contribution in [0.4, 0.5) is 0 Å². The molecule has 0 fully saturated rings. The van der Waals surface area contributed by atoms with Gasteiger partial charge in [-0.2, -0.15) is 15.4 Å². The Kier molecular flexibility index (Phi) is 5.91. The molecule has 0 unspecified atom stereocenters. The lowest BCUT2D eigenvalue weighted by Crippen LogP contribution is -2.38. The van der Waals surface area contributed by atoms with Crippen molar-refractivity contribution in [2.24, 2.45) is 0 Å². The summed E-state index contributed by atoms with van der Waals surface area (Å²) in [6, 6.07) is 7.73. The topological polar surface area (TPSA) is 73.9 Å². The molecule has 0 spiro atoms. The van der Waals surface area contributed by atoms with Gasteiger partial charge in [-0.1, -0.05) is 43.6 Å². The van der Waals surface area contributed by atoms with E-state index in [-0.39, 0.29) is 17.6 Å². The van der Waals surface area contributed by atoms with Crippen molar-refractivity contribution in [1.82, 2.24) is 25.6 Å². The molecular formula is C15H20ClN5O. The summed E-state index contributed by atoms with van der Waals surface area (Å²) in [5.74, 6) is -0.252. The molecule has 1 atom stereocenters. The molecule has 0 aliphatic rings. The molecule has 0 saturated heterocycles. The number of benzene rings is 1. The lowest BCUT2D eigenvalue weighted by molar-refractivity contribution is 0.0930. The highest BCUT2D eigenvalue weighted by Gasteiger charge is 2.21. The standard InChI is InChI=1S/C15H20ClN5O/c1-3-21(4-2)14(11-7-5-6-8-12(11)16)10-17-15(22)13-9-18-20-19-13/h5-9,14H,3-4,10H2,1-2H3,(H,17,22)(H,18,19,20)/t14-/m0/s1. The van der Waals surface area contributed by atoms with Crippen LogP contribution in [0, 0.1) is 0 Å². The number of aromatic nitrogens is 3. The van der Waals surface area contributed by atoms with Gasteiger partial charge in [0.2, 0.25) is 0 Å². The van der Waals surface area contributed by atoms with Gasteiger partial charge >= 0.3 is 0 Å². The number of halogens is 1. The van der Waals surface area contributed by atoms with E-state index in [1.807, 2.05) is 24.3 Å². The minimum atomic E-state index is -0.252. The van der Waals surface area contributed by atoms with Crippen molar-refractivity contribution in [1.29, 1.82) is 0 Å². The van der Waals surface area contributed by atoms with Crippen molar-refractivity contribution < 1.29 is 4.79 Å². The largest absolute Gasteiger partial charge is 0.349 e. The van der Waals surface area contributed by atoms with Crippen LogP contribution < -0.4 is 5.32 Å². The van der Waals surface area contributed by atoms with Crippen LogP contribution in [0.2, 0.25) is 5.02 Å². The highest BCUT2D eigenvalue weighted by atomic mass is 35.5. The third-order valence-electron chi connectivity index (χ3n) is 3.62. The first-order valence-corrected chi connectivity index (χ1v) is 7.67. The van der Waals surface area contributed by atoms with Crippen molar-refractivity contribution in [3.8, 4) is 0 Å². The minimum Gasteiger partial charge on any atom is -0.349 e. The Morgan fingerprint density at radius 2 is 2.09 bits per heavy atom. The maximum atomic E-state index is 12.0. The molecule has 7 heteroatoms. The fourth-order valence-corrected chi connectivity index (χ4v) is 2.70. The van der Waals surface area contributed by atoms with Crippen LogP contribution in [-0.4, -0.2) is 45.9 Å². The van der Waals surface area contributed by atoms with Crippen LogP contribution in [0.25, 0.3) is 0 Å². The van der Waals surface area contributed by atoms with E-state index in [9.17, 15) is 4.79 Å². The van der Waals surface area contributed by atoms with Crippen molar-refractivity contribution >= 4 is 17.5 Å². The van der Waals surface area contributed by atoms with E-state index in [0.717, 1.165) is 18.7 Å². The van der Waals surface area contributed by atoms with Crippen LogP contribution in [0.3, 0.4) is 0 Å². The summed E-state index contributed by atoms with van der Waals surface area (Å²) < 4.78 is 0. The third-order valence-corrected chi connectivity index (χ3v) is 3.97. The van der Waals surface area contributed by atoms with Crippen LogP contribution in [0.15, 0.2) is 30.5 Å². The zero-order valence-electron chi connectivity index (χ0n) is 12.7. The van der Waals surface area contributed by atoms with E-state index in [2.05, 4.69) is 39.5 Å². The fraction of sp³-hybridized carbons (Fsp3) is 0.400. The predicted molar refractivity (Wildman–Crippen MR) is 85.8 cm³/mol. The molecular weight excluding hydrogens is 302 g/mol. The van der Waals surface area contributed by atoms with Crippen LogP contribution in [0.5, 0.6) is 0 Å². The number of amides is 1. The lowest BCUT2D eigenvalue weighted by Gasteiger charge is -2.30. The quantitative estimate of drug-likeness (QED) is 0.820. The Bertz CT molecular complexity index is 598. The van der Waals surface area contributed by atoms with Gasteiger partial charge < -0.3 is 5.32 Å². The molecule has 118 valence electrons. The summed E-state index contributed by atoms with van der Waals surface area (Å²) in [6.45, 7) is 6.37. The molecule has 0 aliphatic carbocycles. The normalized spacial score (nSPS) is 12.4. The smallest absolute Gasteiger partial charge is 0.273 e. The summed E-state index contributed by atoms with van der Waals surface area (Å²) in [5.41, 5.74) is 1.28. The number of nitrogens with zero attached hydrogens (tertiary/aromatic N) is 3. The number of hydrogen-bond donors (Lipinski definition) is 2. The minimum absolute atomic E-state index is 0.0135. The summed E-state index contributed by atoms with van der Waals surface area (Å²) in [4.78, 5) is 14.3. The number of H-pyrrole nitrogens is 1. The second-order valence-corrected chi connectivity index (χ2v) is 5.23. The molecule has 1 heterocycles. The van der Waals surface area contributed by atoms with Crippen LogP contribution >= 0.6 is 11.6 Å². The molecule has 2 aromatic rings. The number of rotatable bonds is 7. The molecule has 6 nitrogen and oxygen atoms in total. The maximum absolute atomic E-state index is 12.0. The molecule has 0 bridgehead atoms. The molecule has 1 aromatic heterocycles. The summed E-state index contributed by atoms with van der Waals surface area (Å²) in [6.07, 6.45) is 1.40. The van der Waals surface area contributed by atoms with E-state index < -0.39 is 0 Å². The van der Waals surface area contributed by atoms with E-state index >= 15 is 0 Å². The maximum Gasteiger partial charge on any atom is 0.273 e. The summed E-state index contributed by atoms with van der Waals surface area (Å²) >= 11 is 6.33. The van der Waals surface area contributed by atoms with Gasteiger partial charge in [-0.25, -0.2) is 0 Å². The number of aromatic amines is 1.